The number of methoxy groups -OCH3 is 2. The Morgan fingerprint density at radius 2 is 1.41 bits per heavy atom. The van der Waals surface area contributed by atoms with Gasteiger partial charge in [-0.3, -0.25) is 0 Å². The van der Waals surface area contributed by atoms with Crippen molar-refractivity contribution in [2.75, 3.05) is 14.2 Å². The van der Waals surface area contributed by atoms with Crippen molar-refractivity contribution in [3.05, 3.63) is 53.9 Å². The highest BCUT2D eigenvalue weighted by atomic mass is 35.5. The lowest BCUT2D eigenvalue weighted by Crippen LogP contribution is -1.91. The van der Waals surface area contributed by atoms with Crippen LogP contribution in [0, 0.1) is 0 Å². The maximum Gasteiger partial charge on any atom is 0.293 e. The number of nitrogens with zero attached hydrogens (tertiary/aromatic N) is 1. The topological polar surface area (TPSA) is 44.5 Å². The molecule has 0 saturated carbocycles. The number of para-hydroxylation sites is 2. The Hall–Kier alpha value is -2.46. The SMILES string of the molecule is COc1ccccc1-c1nc(Cl)oc1-c1ccccc1OC. The van der Waals surface area contributed by atoms with E-state index in [2.05, 4.69) is 4.98 Å². The number of oxazole rings is 1. The molecule has 4 nitrogen and oxygen atoms in total. The van der Waals surface area contributed by atoms with Crippen LogP contribution in [-0.4, -0.2) is 19.2 Å². The zero-order valence-corrected chi connectivity index (χ0v) is 12.9. The lowest BCUT2D eigenvalue weighted by Gasteiger charge is -2.09. The highest BCUT2D eigenvalue weighted by molar-refractivity contribution is 6.28. The minimum absolute atomic E-state index is 0.0711. The molecule has 1 heterocycles. The molecule has 2 aromatic carbocycles. The predicted octanol–water partition coefficient (Wildman–Crippen LogP) is 4.68. The molecule has 0 N–H and O–H groups in total. The second kappa shape index (κ2) is 6.12. The van der Waals surface area contributed by atoms with Gasteiger partial charge in [-0.2, -0.15) is 4.98 Å². The first-order valence-corrected chi connectivity index (χ1v) is 7.05. The third-order valence-electron chi connectivity index (χ3n) is 3.31. The monoisotopic (exact) mass is 315 g/mol. The van der Waals surface area contributed by atoms with Crippen molar-refractivity contribution in [2.45, 2.75) is 0 Å². The van der Waals surface area contributed by atoms with Gasteiger partial charge < -0.3 is 13.9 Å². The van der Waals surface area contributed by atoms with Crippen LogP contribution in [0.2, 0.25) is 5.35 Å². The van der Waals surface area contributed by atoms with Gasteiger partial charge in [0.05, 0.1) is 19.8 Å². The van der Waals surface area contributed by atoms with Gasteiger partial charge in [0.2, 0.25) is 0 Å². The molecule has 112 valence electrons. The van der Waals surface area contributed by atoms with E-state index < -0.39 is 0 Å². The minimum Gasteiger partial charge on any atom is -0.496 e. The van der Waals surface area contributed by atoms with Crippen molar-refractivity contribution < 1.29 is 13.9 Å². The largest absolute Gasteiger partial charge is 0.496 e. The molecule has 3 rings (SSSR count). The van der Waals surface area contributed by atoms with E-state index in [1.807, 2.05) is 48.5 Å². The van der Waals surface area contributed by atoms with Crippen molar-refractivity contribution in [3.8, 4) is 34.1 Å². The molecule has 0 saturated heterocycles. The van der Waals surface area contributed by atoms with Gasteiger partial charge in [0.25, 0.3) is 5.35 Å². The molecule has 0 bridgehead atoms. The number of benzene rings is 2. The second-order valence-corrected chi connectivity index (χ2v) is 4.87. The van der Waals surface area contributed by atoms with Crippen LogP contribution in [0.15, 0.2) is 52.9 Å². The van der Waals surface area contributed by atoms with Crippen molar-refractivity contribution in [1.29, 1.82) is 0 Å². The number of halogens is 1. The molecule has 1 aromatic heterocycles. The molecule has 0 radical (unpaired) electrons. The van der Waals surface area contributed by atoms with Gasteiger partial charge in [0.15, 0.2) is 5.76 Å². The first-order chi connectivity index (χ1) is 10.7. The number of rotatable bonds is 4. The van der Waals surface area contributed by atoms with Gasteiger partial charge >= 0.3 is 0 Å². The third-order valence-corrected chi connectivity index (χ3v) is 3.48. The summed E-state index contributed by atoms with van der Waals surface area (Å²) in [6.07, 6.45) is 0. The molecular formula is C17H14ClNO3. The van der Waals surface area contributed by atoms with E-state index in [4.69, 9.17) is 25.5 Å². The van der Waals surface area contributed by atoms with Crippen molar-refractivity contribution >= 4 is 11.6 Å². The quantitative estimate of drug-likeness (QED) is 0.701. The van der Waals surface area contributed by atoms with E-state index in [1.54, 1.807) is 14.2 Å². The predicted molar refractivity (Wildman–Crippen MR) is 85.5 cm³/mol. The standard InChI is InChI=1S/C17H14ClNO3/c1-20-13-9-5-3-7-11(13)15-16(22-17(18)19-15)12-8-4-6-10-14(12)21-2/h3-10H,1-2H3. The fourth-order valence-corrected chi connectivity index (χ4v) is 2.49. The maximum absolute atomic E-state index is 6.00. The highest BCUT2D eigenvalue weighted by Crippen LogP contribution is 2.41. The van der Waals surface area contributed by atoms with Crippen LogP contribution in [0.5, 0.6) is 11.5 Å². The van der Waals surface area contributed by atoms with E-state index in [1.165, 1.54) is 0 Å². The number of hydrogen-bond donors (Lipinski definition) is 0. The number of hydrogen-bond acceptors (Lipinski definition) is 4. The first kappa shape index (κ1) is 14.5. The molecule has 22 heavy (non-hydrogen) atoms. The molecule has 3 aromatic rings. The van der Waals surface area contributed by atoms with Gasteiger partial charge in [-0.05, 0) is 35.9 Å². The molecule has 0 fully saturated rings. The zero-order valence-electron chi connectivity index (χ0n) is 12.2. The van der Waals surface area contributed by atoms with Crippen LogP contribution in [0.1, 0.15) is 0 Å². The Morgan fingerprint density at radius 3 is 2.05 bits per heavy atom. The van der Waals surface area contributed by atoms with Gasteiger partial charge in [0, 0.05) is 5.56 Å². The molecule has 0 aliphatic carbocycles. The Morgan fingerprint density at radius 1 is 0.864 bits per heavy atom. The van der Waals surface area contributed by atoms with Crippen molar-refractivity contribution in [2.24, 2.45) is 0 Å². The highest BCUT2D eigenvalue weighted by Gasteiger charge is 2.21. The Kier molecular flexibility index (Phi) is 4.02. The van der Waals surface area contributed by atoms with Crippen LogP contribution in [0.25, 0.3) is 22.6 Å². The number of aromatic nitrogens is 1. The van der Waals surface area contributed by atoms with Gasteiger partial charge in [0.1, 0.15) is 17.2 Å². The van der Waals surface area contributed by atoms with E-state index in [9.17, 15) is 0 Å². The summed E-state index contributed by atoms with van der Waals surface area (Å²) >= 11 is 6.00. The van der Waals surface area contributed by atoms with E-state index >= 15 is 0 Å². The Labute approximate surface area is 133 Å². The maximum atomic E-state index is 6.00. The van der Waals surface area contributed by atoms with Crippen LogP contribution < -0.4 is 9.47 Å². The lowest BCUT2D eigenvalue weighted by atomic mass is 10.0. The molecule has 0 aliphatic rings. The molecule has 0 spiro atoms. The summed E-state index contributed by atoms with van der Waals surface area (Å²) < 4.78 is 16.4. The summed E-state index contributed by atoms with van der Waals surface area (Å²) in [6, 6.07) is 15.1. The fraction of sp³-hybridized carbons (Fsp3) is 0.118. The van der Waals surface area contributed by atoms with Crippen LogP contribution >= 0.6 is 11.6 Å². The molecular weight excluding hydrogens is 302 g/mol. The molecule has 0 aliphatic heterocycles. The second-order valence-electron chi connectivity index (χ2n) is 4.55. The van der Waals surface area contributed by atoms with Crippen molar-refractivity contribution in [1.82, 2.24) is 4.98 Å². The van der Waals surface area contributed by atoms with E-state index in [0.29, 0.717) is 23.0 Å². The van der Waals surface area contributed by atoms with Crippen LogP contribution in [0.3, 0.4) is 0 Å². The zero-order chi connectivity index (χ0) is 15.5. The molecule has 5 heteroatoms. The Balaban J connectivity index is 2.23. The summed E-state index contributed by atoms with van der Waals surface area (Å²) in [7, 11) is 3.23. The summed E-state index contributed by atoms with van der Waals surface area (Å²) in [6.45, 7) is 0. The lowest BCUT2D eigenvalue weighted by molar-refractivity contribution is 0.414. The first-order valence-electron chi connectivity index (χ1n) is 6.67. The fourth-order valence-electron chi connectivity index (χ4n) is 2.33. The minimum atomic E-state index is 0.0711. The normalized spacial score (nSPS) is 10.5. The van der Waals surface area contributed by atoms with Crippen LogP contribution in [0.4, 0.5) is 0 Å². The smallest absolute Gasteiger partial charge is 0.293 e. The van der Waals surface area contributed by atoms with E-state index in [0.717, 1.165) is 11.1 Å². The van der Waals surface area contributed by atoms with Gasteiger partial charge in [-0.15, -0.1) is 0 Å². The molecule has 0 unspecified atom stereocenters. The summed E-state index contributed by atoms with van der Waals surface area (Å²) in [5.41, 5.74) is 2.21. The summed E-state index contributed by atoms with van der Waals surface area (Å²) in [5.74, 6) is 1.93. The number of ether oxygens (including phenoxy) is 2. The molecule has 0 amide bonds. The van der Waals surface area contributed by atoms with Crippen molar-refractivity contribution in [3.63, 3.8) is 0 Å². The molecule has 0 atom stereocenters. The summed E-state index contributed by atoms with van der Waals surface area (Å²) in [4.78, 5) is 4.30. The van der Waals surface area contributed by atoms with Crippen LogP contribution in [-0.2, 0) is 0 Å². The Bertz CT molecular complexity index is 733. The third kappa shape index (κ3) is 2.53. The average molecular weight is 316 g/mol. The average Bonchev–Trinajstić information content (AvgIpc) is 2.96. The van der Waals surface area contributed by atoms with Gasteiger partial charge in [-0.25, -0.2) is 0 Å². The van der Waals surface area contributed by atoms with E-state index in [-0.39, 0.29) is 5.35 Å². The van der Waals surface area contributed by atoms with Gasteiger partial charge in [-0.1, -0.05) is 24.3 Å². The summed E-state index contributed by atoms with van der Waals surface area (Å²) in [5, 5.41) is 0.0711.